The zero-order valence-corrected chi connectivity index (χ0v) is 6.64. The number of hydrogen-bond donors (Lipinski definition) is 0. The van der Waals surface area contributed by atoms with Gasteiger partial charge in [-0.1, -0.05) is 5.92 Å². The van der Waals surface area contributed by atoms with Crippen molar-refractivity contribution in [1.29, 1.82) is 0 Å². The van der Waals surface area contributed by atoms with E-state index in [1.165, 1.54) is 0 Å². The third-order valence-electron chi connectivity index (χ3n) is 0.791. The van der Waals surface area contributed by atoms with Gasteiger partial charge in [0, 0.05) is 0 Å². The molecule has 0 bridgehead atoms. The van der Waals surface area contributed by atoms with Gasteiger partial charge < -0.3 is 4.42 Å². The lowest BCUT2D eigenvalue weighted by atomic mass is 10.4. The second-order valence-electron chi connectivity index (χ2n) is 1.39. The molecule has 0 N–H and O–H groups in total. The Morgan fingerprint density at radius 2 is 2.50 bits per heavy atom. The van der Waals surface area contributed by atoms with Crippen LogP contribution in [0.4, 0.5) is 0 Å². The van der Waals surface area contributed by atoms with Crippen LogP contribution in [0.3, 0.4) is 0 Å². The molecule has 2 heteroatoms. The quantitative estimate of drug-likeness (QED) is 0.347. The first-order valence-electron chi connectivity index (χ1n) is 2.38. The van der Waals surface area contributed by atoms with Crippen molar-refractivity contribution < 1.29 is 4.42 Å². The van der Waals surface area contributed by atoms with Crippen molar-refractivity contribution in [2.45, 2.75) is 0 Å². The molecule has 1 aromatic rings. The summed E-state index contributed by atoms with van der Waals surface area (Å²) in [7, 11) is 0.932. The molecule has 0 aromatic carbocycles. The summed E-state index contributed by atoms with van der Waals surface area (Å²) in [6.45, 7) is 0. The maximum absolute atomic E-state index is 4.78. The van der Waals surface area contributed by atoms with Gasteiger partial charge in [-0.25, -0.2) is 0 Å². The van der Waals surface area contributed by atoms with Crippen LogP contribution in [0.15, 0.2) is 23.0 Å². The van der Waals surface area contributed by atoms with Gasteiger partial charge in [-0.15, -0.1) is 5.54 Å². The van der Waals surface area contributed by atoms with E-state index in [1.54, 1.807) is 12.5 Å². The molecule has 0 unspecified atom stereocenters. The third kappa shape index (κ3) is 1.01. The Labute approximate surface area is 51.1 Å². The van der Waals surface area contributed by atoms with E-state index in [0.717, 1.165) is 15.8 Å². The summed E-state index contributed by atoms with van der Waals surface area (Å²) < 4.78 is 4.78. The SMILES string of the molecule is [SiH3]C#Cc1ccoc1. The summed E-state index contributed by atoms with van der Waals surface area (Å²) in [6, 6.07) is 1.85. The van der Waals surface area contributed by atoms with Gasteiger partial charge in [-0.2, -0.15) is 0 Å². The zero-order valence-electron chi connectivity index (χ0n) is 4.64. The predicted octanol–water partition coefficient (Wildman–Crippen LogP) is -0.0460. The van der Waals surface area contributed by atoms with Crippen molar-refractivity contribution in [2.24, 2.45) is 0 Å². The molecular formula is C6H6OSi. The van der Waals surface area contributed by atoms with Crippen LogP contribution in [0, 0.1) is 11.5 Å². The molecule has 1 aromatic heterocycles. The van der Waals surface area contributed by atoms with Gasteiger partial charge in [0.05, 0.1) is 22.1 Å². The van der Waals surface area contributed by atoms with Crippen LogP contribution >= 0.6 is 0 Å². The minimum atomic E-state index is 0.932. The van der Waals surface area contributed by atoms with Crippen molar-refractivity contribution in [3.63, 3.8) is 0 Å². The van der Waals surface area contributed by atoms with E-state index >= 15 is 0 Å². The van der Waals surface area contributed by atoms with Gasteiger partial charge >= 0.3 is 0 Å². The molecule has 1 nitrogen and oxygen atoms in total. The minimum absolute atomic E-state index is 0.932. The normalized spacial score (nSPS) is 8.00. The third-order valence-corrected chi connectivity index (χ3v) is 1.04. The fourth-order valence-electron chi connectivity index (χ4n) is 0.480. The molecule has 40 valence electrons. The summed E-state index contributed by atoms with van der Waals surface area (Å²) in [5.74, 6) is 2.91. The Morgan fingerprint density at radius 1 is 1.62 bits per heavy atom. The van der Waals surface area contributed by atoms with E-state index in [2.05, 4.69) is 11.5 Å². The zero-order chi connectivity index (χ0) is 5.82. The van der Waals surface area contributed by atoms with Gasteiger partial charge in [0.25, 0.3) is 0 Å². The Bertz CT molecular complexity index is 202. The topological polar surface area (TPSA) is 13.1 Å². The fraction of sp³-hybridized carbons (Fsp3) is 0. The highest BCUT2D eigenvalue weighted by Gasteiger charge is 1.81. The molecule has 0 atom stereocenters. The van der Waals surface area contributed by atoms with E-state index < -0.39 is 0 Å². The number of rotatable bonds is 0. The van der Waals surface area contributed by atoms with Gasteiger partial charge in [0.15, 0.2) is 0 Å². The highest BCUT2D eigenvalue weighted by molar-refractivity contribution is 6.22. The Hall–Kier alpha value is -0.943. The first kappa shape index (κ1) is 5.20. The van der Waals surface area contributed by atoms with Gasteiger partial charge in [-0.05, 0) is 6.07 Å². The highest BCUT2D eigenvalue weighted by atomic mass is 28.1. The van der Waals surface area contributed by atoms with Crippen LogP contribution in [0.1, 0.15) is 5.56 Å². The molecule has 0 aliphatic heterocycles. The molecule has 0 amide bonds. The largest absolute Gasteiger partial charge is 0.471 e. The molecule has 1 rings (SSSR count). The molecule has 0 aliphatic rings. The maximum atomic E-state index is 4.78. The van der Waals surface area contributed by atoms with Crippen LogP contribution < -0.4 is 0 Å². The Balaban J connectivity index is 2.88. The van der Waals surface area contributed by atoms with E-state index in [1.807, 2.05) is 6.07 Å². The fourth-order valence-corrected chi connectivity index (χ4v) is 0.769. The monoisotopic (exact) mass is 122 g/mol. The molecule has 0 aliphatic carbocycles. The minimum Gasteiger partial charge on any atom is -0.471 e. The molecule has 0 radical (unpaired) electrons. The number of furan rings is 1. The van der Waals surface area contributed by atoms with Crippen molar-refractivity contribution >= 4 is 10.2 Å². The van der Waals surface area contributed by atoms with Crippen LogP contribution in [0.25, 0.3) is 0 Å². The van der Waals surface area contributed by atoms with Crippen molar-refractivity contribution in [3.8, 4) is 11.5 Å². The molecule has 0 fully saturated rings. The summed E-state index contributed by atoms with van der Waals surface area (Å²) >= 11 is 0. The standard InChI is InChI=1S/C6H6OSi/c8-4-2-6-1-3-7-5-6/h1,3,5H,8H3. The lowest BCUT2D eigenvalue weighted by Gasteiger charge is -1.67. The smallest absolute Gasteiger partial charge is 0.106 e. The Kier molecular flexibility index (Phi) is 1.55. The van der Waals surface area contributed by atoms with Crippen LogP contribution in [-0.4, -0.2) is 10.2 Å². The molecule has 0 saturated carbocycles. The second kappa shape index (κ2) is 2.39. The van der Waals surface area contributed by atoms with Crippen LogP contribution in [0.2, 0.25) is 0 Å². The maximum Gasteiger partial charge on any atom is 0.106 e. The average molecular weight is 122 g/mol. The first-order chi connectivity index (χ1) is 3.93. The summed E-state index contributed by atoms with van der Waals surface area (Å²) in [4.78, 5) is 0. The van der Waals surface area contributed by atoms with Gasteiger partial charge in [-0.3, -0.25) is 0 Å². The molecule has 1 heterocycles. The van der Waals surface area contributed by atoms with E-state index in [9.17, 15) is 0 Å². The van der Waals surface area contributed by atoms with E-state index in [0.29, 0.717) is 0 Å². The second-order valence-corrected chi connectivity index (χ2v) is 1.89. The summed E-state index contributed by atoms with van der Waals surface area (Å²) in [6.07, 6.45) is 3.27. The van der Waals surface area contributed by atoms with Crippen molar-refractivity contribution in [3.05, 3.63) is 24.2 Å². The van der Waals surface area contributed by atoms with E-state index in [4.69, 9.17) is 4.42 Å². The van der Waals surface area contributed by atoms with Crippen LogP contribution in [0.5, 0.6) is 0 Å². The summed E-state index contributed by atoms with van der Waals surface area (Å²) in [5, 5.41) is 0. The van der Waals surface area contributed by atoms with E-state index in [-0.39, 0.29) is 0 Å². The van der Waals surface area contributed by atoms with Gasteiger partial charge in [0.1, 0.15) is 6.26 Å². The Morgan fingerprint density at radius 3 is 3.00 bits per heavy atom. The predicted molar refractivity (Wildman–Crippen MR) is 35.5 cm³/mol. The molecular weight excluding hydrogens is 116 g/mol. The molecule has 8 heavy (non-hydrogen) atoms. The highest BCUT2D eigenvalue weighted by Crippen LogP contribution is 1.94. The van der Waals surface area contributed by atoms with Gasteiger partial charge in [0.2, 0.25) is 0 Å². The van der Waals surface area contributed by atoms with Crippen LogP contribution in [-0.2, 0) is 0 Å². The lowest BCUT2D eigenvalue weighted by Crippen LogP contribution is -1.60. The van der Waals surface area contributed by atoms with Crippen molar-refractivity contribution in [2.75, 3.05) is 0 Å². The molecule has 0 spiro atoms. The first-order valence-corrected chi connectivity index (χ1v) is 3.38. The lowest BCUT2D eigenvalue weighted by molar-refractivity contribution is 0.566. The summed E-state index contributed by atoms with van der Waals surface area (Å²) in [5.41, 5.74) is 3.87. The average Bonchev–Trinajstić information content (AvgIpc) is 2.19. The number of hydrogen-bond acceptors (Lipinski definition) is 1. The van der Waals surface area contributed by atoms with Crippen molar-refractivity contribution in [1.82, 2.24) is 0 Å². The molecule has 0 saturated heterocycles.